The number of anilines is 1. The molecule has 0 aromatic heterocycles. The second kappa shape index (κ2) is 6.25. The predicted molar refractivity (Wildman–Crippen MR) is 67.1 cm³/mol. The third kappa shape index (κ3) is 3.84. The van der Waals surface area contributed by atoms with Crippen molar-refractivity contribution in [1.82, 2.24) is 0 Å². The van der Waals surface area contributed by atoms with Crippen molar-refractivity contribution in [3.63, 3.8) is 0 Å². The normalized spacial score (nSPS) is 13.4. The first-order valence-corrected chi connectivity index (χ1v) is 5.84. The van der Waals surface area contributed by atoms with Crippen LogP contribution in [0, 0.1) is 0 Å². The fourth-order valence-corrected chi connectivity index (χ4v) is 1.79. The molecule has 1 rings (SSSR count). The molecule has 0 saturated carbocycles. The molecule has 1 N–H and O–H groups in total. The maximum Gasteiger partial charge on any atom is 0.416 e. The summed E-state index contributed by atoms with van der Waals surface area (Å²) in [5.41, 5.74) is -0.484. The topological polar surface area (TPSA) is 32.7 Å². The lowest BCUT2D eigenvalue weighted by molar-refractivity contribution is -0.138. The average Bonchev–Trinajstić information content (AvgIpc) is 2.36. The van der Waals surface area contributed by atoms with Gasteiger partial charge in [0.25, 0.3) is 0 Å². The molecule has 0 aliphatic carbocycles. The summed E-state index contributed by atoms with van der Waals surface area (Å²) in [4.78, 5) is 1.71. The molecule has 0 heterocycles. The Kier molecular flexibility index (Phi) is 5.20. The van der Waals surface area contributed by atoms with E-state index in [-0.39, 0.29) is 11.6 Å². The lowest BCUT2D eigenvalue weighted by atomic mass is 10.1. The molecule has 1 atom stereocenters. The van der Waals surface area contributed by atoms with Crippen molar-refractivity contribution in [3.8, 4) is 0 Å². The molecular formula is C13H18F3NO2. The molecule has 0 aliphatic rings. The van der Waals surface area contributed by atoms with Gasteiger partial charge in [-0.05, 0) is 24.6 Å². The molecule has 1 aromatic rings. The van der Waals surface area contributed by atoms with Gasteiger partial charge in [-0.15, -0.1) is 0 Å². The Morgan fingerprint density at radius 2 is 2.00 bits per heavy atom. The highest BCUT2D eigenvalue weighted by Crippen LogP contribution is 2.34. The van der Waals surface area contributed by atoms with E-state index in [1.807, 2.05) is 6.92 Å². The van der Waals surface area contributed by atoms with Gasteiger partial charge >= 0.3 is 6.18 Å². The van der Waals surface area contributed by atoms with Gasteiger partial charge < -0.3 is 14.7 Å². The Labute approximate surface area is 110 Å². The molecule has 0 aliphatic heterocycles. The van der Waals surface area contributed by atoms with Crippen LogP contribution >= 0.6 is 0 Å². The standard InChI is InChI=1S/C13H18F3NO2/c1-9(8-19-3)17(2)11-5-4-10(7-18)12(6-11)13(14,15)16/h4-6,9,18H,7-8H2,1-3H3. The minimum absolute atomic E-state index is 0.0499. The summed E-state index contributed by atoms with van der Waals surface area (Å²) in [5.74, 6) is 0. The SMILES string of the molecule is COCC(C)N(C)c1ccc(CO)c(C(F)(F)F)c1. The lowest BCUT2D eigenvalue weighted by Gasteiger charge is -2.27. The van der Waals surface area contributed by atoms with E-state index in [1.54, 1.807) is 25.1 Å². The van der Waals surface area contributed by atoms with Crippen LogP contribution in [0.15, 0.2) is 18.2 Å². The number of alkyl halides is 3. The largest absolute Gasteiger partial charge is 0.416 e. The highest BCUT2D eigenvalue weighted by molar-refractivity contribution is 5.52. The maximum atomic E-state index is 12.9. The zero-order valence-corrected chi connectivity index (χ0v) is 11.2. The zero-order valence-electron chi connectivity index (χ0n) is 11.2. The zero-order chi connectivity index (χ0) is 14.6. The van der Waals surface area contributed by atoms with E-state index in [0.29, 0.717) is 12.3 Å². The summed E-state index contributed by atoms with van der Waals surface area (Å²) >= 11 is 0. The summed E-state index contributed by atoms with van der Waals surface area (Å²) in [5, 5.41) is 8.97. The van der Waals surface area contributed by atoms with E-state index in [9.17, 15) is 13.2 Å². The number of ether oxygens (including phenoxy) is 1. The minimum Gasteiger partial charge on any atom is -0.392 e. The average molecular weight is 277 g/mol. The summed E-state index contributed by atoms with van der Waals surface area (Å²) in [6.07, 6.45) is -4.47. The van der Waals surface area contributed by atoms with Gasteiger partial charge in [-0.2, -0.15) is 13.2 Å². The Hall–Kier alpha value is -1.27. The smallest absolute Gasteiger partial charge is 0.392 e. The van der Waals surface area contributed by atoms with Crippen LogP contribution in [-0.2, 0) is 17.5 Å². The Morgan fingerprint density at radius 1 is 1.37 bits per heavy atom. The van der Waals surface area contributed by atoms with Crippen molar-refractivity contribution in [3.05, 3.63) is 29.3 Å². The fraction of sp³-hybridized carbons (Fsp3) is 0.538. The number of halogens is 3. The molecule has 108 valence electrons. The van der Waals surface area contributed by atoms with Crippen LogP contribution in [0.5, 0.6) is 0 Å². The number of rotatable bonds is 5. The van der Waals surface area contributed by atoms with E-state index in [2.05, 4.69) is 0 Å². The number of aliphatic hydroxyl groups excluding tert-OH is 1. The minimum atomic E-state index is -4.47. The third-order valence-electron chi connectivity index (χ3n) is 3.05. The Balaban J connectivity index is 3.11. The van der Waals surface area contributed by atoms with Crippen molar-refractivity contribution in [2.75, 3.05) is 25.7 Å². The van der Waals surface area contributed by atoms with E-state index < -0.39 is 18.3 Å². The van der Waals surface area contributed by atoms with Crippen LogP contribution in [0.3, 0.4) is 0 Å². The number of aliphatic hydroxyl groups is 1. The second-order valence-corrected chi connectivity index (χ2v) is 4.41. The molecule has 3 nitrogen and oxygen atoms in total. The van der Waals surface area contributed by atoms with Gasteiger partial charge in [-0.25, -0.2) is 0 Å². The molecule has 0 spiro atoms. The van der Waals surface area contributed by atoms with Gasteiger partial charge in [0.2, 0.25) is 0 Å². The van der Waals surface area contributed by atoms with Gasteiger partial charge in [-0.1, -0.05) is 6.07 Å². The number of hydrogen-bond acceptors (Lipinski definition) is 3. The highest BCUT2D eigenvalue weighted by Gasteiger charge is 2.33. The summed E-state index contributed by atoms with van der Waals surface area (Å²) in [6.45, 7) is 1.64. The number of likely N-dealkylation sites (N-methyl/N-ethyl adjacent to an activating group) is 1. The maximum absolute atomic E-state index is 12.9. The lowest BCUT2D eigenvalue weighted by Crippen LogP contribution is -2.32. The second-order valence-electron chi connectivity index (χ2n) is 4.41. The van der Waals surface area contributed by atoms with Crippen molar-refractivity contribution in [2.45, 2.75) is 25.7 Å². The van der Waals surface area contributed by atoms with Gasteiger partial charge in [0.05, 0.1) is 18.8 Å². The van der Waals surface area contributed by atoms with Crippen LogP contribution in [0.1, 0.15) is 18.1 Å². The van der Waals surface area contributed by atoms with E-state index >= 15 is 0 Å². The number of hydrogen-bond donors (Lipinski definition) is 1. The van der Waals surface area contributed by atoms with E-state index in [0.717, 1.165) is 6.07 Å². The van der Waals surface area contributed by atoms with Crippen molar-refractivity contribution >= 4 is 5.69 Å². The molecular weight excluding hydrogens is 259 g/mol. The molecule has 0 amide bonds. The molecule has 0 bridgehead atoms. The van der Waals surface area contributed by atoms with Crippen LogP contribution in [-0.4, -0.2) is 31.9 Å². The molecule has 1 aromatic carbocycles. The van der Waals surface area contributed by atoms with E-state index in [1.165, 1.54) is 6.07 Å². The Bertz CT molecular complexity index is 421. The van der Waals surface area contributed by atoms with Crippen molar-refractivity contribution in [1.29, 1.82) is 0 Å². The van der Waals surface area contributed by atoms with Crippen molar-refractivity contribution < 1.29 is 23.0 Å². The van der Waals surface area contributed by atoms with Gasteiger partial charge in [0, 0.05) is 25.9 Å². The molecule has 19 heavy (non-hydrogen) atoms. The van der Waals surface area contributed by atoms with Crippen LogP contribution in [0.25, 0.3) is 0 Å². The molecule has 6 heteroatoms. The van der Waals surface area contributed by atoms with E-state index in [4.69, 9.17) is 9.84 Å². The first-order chi connectivity index (χ1) is 8.81. The fourth-order valence-electron chi connectivity index (χ4n) is 1.79. The molecule has 0 fully saturated rings. The monoisotopic (exact) mass is 277 g/mol. The summed E-state index contributed by atoms with van der Waals surface area (Å²) in [6, 6.07) is 3.87. The van der Waals surface area contributed by atoms with Gasteiger partial charge in [-0.3, -0.25) is 0 Å². The summed E-state index contributed by atoms with van der Waals surface area (Å²) < 4.78 is 43.6. The van der Waals surface area contributed by atoms with Crippen molar-refractivity contribution in [2.24, 2.45) is 0 Å². The number of methoxy groups -OCH3 is 1. The molecule has 0 saturated heterocycles. The first-order valence-electron chi connectivity index (χ1n) is 5.84. The van der Waals surface area contributed by atoms with Crippen LogP contribution < -0.4 is 4.90 Å². The number of nitrogens with zero attached hydrogens (tertiary/aromatic N) is 1. The molecule has 1 unspecified atom stereocenters. The summed E-state index contributed by atoms with van der Waals surface area (Å²) in [7, 11) is 3.25. The highest BCUT2D eigenvalue weighted by atomic mass is 19.4. The van der Waals surface area contributed by atoms with Crippen LogP contribution in [0.2, 0.25) is 0 Å². The van der Waals surface area contributed by atoms with Gasteiger partial charge in [0.15, 0.2) is 0 Å². The van der Waals surface area contributed by atoms with Gasteiger partial charge in [0.1, 0.15) is 0 Å². The first kappa shape index (κ1) is 15.8. The van der Waals surface area contributed by atoms with Crippen LogP contribution in [0.4, 0.5) is 18.9 Å². The predicted octanol–water partition coefficient (Wildman–Crippen LogP) is 2.67. The number of benzene rings is 1. The third-order valence-corrected chi connectivity index (χ3v) is 3.05. The molecule has 0 radical (unpaired) electrons. The Morgan fingerprint density at radius 3 is 2.47 bits per heavy atom. The quantitative estimate of drug-likeness (QED) is 0.898.